The highest BCUT2D eigenvalue weighted by atomic mass is 16.4. The maximum atomic E-state index is 12.0. The van der Waals surface area contributed by atoms with Crippen molar-refractivity contribution in [2.75, 3.05) is 18.4 Å². The molecule has 1 aliphatic heterocycles. The van der Waals surface area contributed by atoms with E-state index >= 15 is 0 Å². The quantitative estimate of drug-likeness (QED) is 0.581. The van der Waals surface area contributed by atoms with E-state index in [1.165, 1.54) is 5.56 Å². The van der Waals surface area contributed by atoms with Crippen molar-refractivity contribution in [1.82, 2.24) is 19.5 Å². The number of carboxylic acids is 1. The zero-order valence-electron chi connectivity index (χ0n) is 18.7. The summed E-state index contributed by atoms with van der Waals surface area (Å²) in [4.78, 5) is 28.4. The summed E-state index contributed by atoms with van der Waals surface area (Å²) in [7, 11) is 0. The van der Waals surface area contributed by atoms with Crippen LogP contribution in [0.2, 0.25) is 0 Å². The molecule has 2 aliphatic carbocycles. The van der Waals surface area contributed by atoms with Gasteiger partial charge in [-0.3, -0.25) is 19.8 Å². The van der Waals surface area contributed by atoms with Gasteiger partial charge in [-0.15, -0.1) is 5.10 Å². The van der Waals surface area contributed by atoms with Crippen LogP contribution in [0.4, 0.5) is 5.95 Å². The maximum Gasteiger partial charge on any atom is 0.306 e. The molecule has 1 saturated heterocycles. The molecule has 6 rings (SSSR count). The normalized spacial score (nSPS) is 17.9. The molecule has 3 aromatic rings. The topological polar surface area (TPSA) is 124 Å². The predicted octanol–water partition coefficient (Wildman–Crippen LogP) is 3.18. The minimum absolute atomic E-state index is 0.00596. The number of carbonyl (C=O) groups excluding carboxylic acids is 1. The van der Waals surface area contributed by atoms with E-state index in [9.17, 15) is 9.59 Å². The van der Waals surface area contributed by atoms with Gasteiger partial charge >= 0.3 is 5.97 Å². The van der Waals surface area contributed by atoms with E-state index in [2.05, 4.69) is 50.6 Å². The fourth-order valence-corrected chi connectivity index (χ4v) is 3.88. The first-order valence-electron chi connectivity index (χ1n) is 11.6. The van der Waals surface area contributed by atoms with Crippen molar-refractivity contribution in [3.63, 3.8) is 0 Å². The zero-order chi connectivity index (χ0) is 23.7. The van der Waals surface area contributed by atoms with Gasteiger partial charge < -0.3 is 5.11 Å². The number of carbonyl (C=O) groups is 2. The smallest absolute Gasteiger partial charge is 0.306 e. The molecule has 0 radical (unpaired) electrons. The Kier molecular flexibility index (Phi) is 5.99. The van der Waals surface area contributed by atoms with Crippen LogP contribution in [0.1, 0.15) is 31.2 Å². The molecular formula is C25H26N6O3. The number of aromatic nitrogens is 3. The minimum atomic E-state index is -0.630. The minimum Gasteiger partial charge on any atom is -0.481 e. The summed E-state index contributed by atoms with van der Waals surface area (Å²) in [6, 6.07) is 16.5. The average Bonchev–Trinajstić information content (AvgIpc) is 3.72. The molecule has 3 heterocycles. The number of anilines is 1. The maximum absolute atomic E-state index is 12.0. The number of nitriles is 1. The number of hydrogen-bond acceptors (Lipinski definition) is 6. The molecule has 3 fully saturated rings. The lowest BCUT2D eigenvalue weighted by Gasteiger charge is -2.35. The van der Waals surface area contributed by atoms with Crippen molar-refractivity contribution >= 4 is 23.5 Å². The molecule has 9 heteroatoms. The number of benzene rings is 1. The molecule has 2 saturated carbocycles. The van der Waals surface area contributed by atoms with Gasteiger partial charge in [0.05, 0.1) is 23.6 Å². The van der Waals surface area contributed by atoms with Gasteiger partial charge in [0, 0.05) is 31.1 Å². The molecule has 2 aromatic heterocycles. The van der Waals surface area contributed by atoms with Gasteiger partial charge in [-0.2, -0.15) is 10.2 Å². The number of pyridine rings is 1. The van der Waals surface area contributed by atoms with E-state index < -0.39 is 5.97 Å². The highest BCUT2D eigenvalue weighted by Crippen LogP contribution is 2.30. The lowest BCUT2D eigenvalue weighted by molar-refractivity contribution is -0.138. The van der Waals surface area contributed by atoms with Gasteiger partial charge in [0.15, 0.2) is 5.65 Å². The molecule has 174 valence electrons. The largest absolute Gasteiger partial charge is 0.481 e. The van der Waals surface area contributed by atoms with E-state index in [-0.39, 0.29) is 23.7 Å². The van der Waals surface area contributed by atoms with Crippen LogP contribution >= 0.6 is 0 Å². The summed E-state index contributed by atoms with van der Waals surface area (Å²) in [5.74, 6) is 0.0458. The summed E-state index contributed by atoms with van der Waals surface area (Å²) in [5, 5.41) is 24.2. The Balaban J connectivity index is 0.000000351. The molecule has 2 N–H and O–H groups in total. The van der Waals surface area contributed by atoms with Gasteiger partial charge in [-0.25, -0.2) is 4.52 Å². The molecule has 34 heavy (non-hydrogen) atoms. The number of aliphatic carboxylic acids is 1. The lowest BCUT2D eigenvalue weighted by atomic mass is 10.0. The van der Waals surface area contributed by atoms with Crippen LogP contribution in [0.25, 0.3) is 16.9 Å². The van der Waals surface area contributed by atoms with Crippen molar-refractivity contribution in [2.45, 2.75) is 32.2 Å². The summed E-state index contributed by atoms with van der Waals surface area (Å²) < 4.78 is 1.77. The van der Waals surface area contributed by atoms with Crippen molar-refractivity contribution in [1.29, 1.82) is 5.26 Å². The SMILES string of the molecule is N#CC1CN(Cc2ccc(-c3cccc4nc(NC(=O)C5CC5)nn34)cc2)C1.O=C(O)C1CC1. The Bertz CT molecular complexity index is 1250. The first kappa shape index (κ1) is 22.0. The third-order valence-corrected chi connectivity index (χ3v) is 6.27. The van der Waals surface area contributed by atoms with Crippen LogP contribution in [-0.4, -0.2) is 49.6 Å². The summed E-state index contributed by atoms with van der Waals surface area (Å²) in [5.41, 5.74) is 3.90. The number of carboxylic acid groups (broad SMARTS) is 1. The van der Waals surface area contributed by atoms with Crippen LogP contribution in [0.15, 0.2) is 42.5 Å². The van der Waals surface area contributed by atoms with Crippen LogP contribution in [0, 0.1) is 29.1 Å². The number of likely N-dealkylation sites (tertiary alicyclic amines) is 1. The highest BCUT2D eigenvalue weighted by molar-refractivity contribution is 5.92. The standard InChI is InChI=1S/C21H20N6O.C4H6O2/c22-10-15-12-26(13-15)11-14-4-6-16(7-5-14)18-2-1-3-19-23-21(25-27(18)19)24-20(28)17-8-9-17;5-4(6)3-1-2-3/h1-7,15,17H,8-9,11-13H2,(H,24,25,28);3H,1-2H2,(H,5,6). The van der Waals surface area contributed by atoms with Gasteiger partial charge in [-0.05, 0) is 43.4 Å². The Hall–Kier alpha value is -3.77. The van der Waals surface area contributed by atoms with Crippen LogP contribution in [0.3, 0.4) is 0 Å². The molecule has 0 atom stereocenters. The number of nitrogens with zero attached hydrogens (tertiary/aromatic N) is 5. The number of hydrogen-bond donors (Lipinski definition) is 2. The number of fused-ring (bicyclic) bond motifs is 1. The molecule has 3 aliphatic rings. The van der Waals surface area contributed by atoms with Gasteiger partial charge in [0.1, 0.15) is 0 Å². The van der Waals surface area contributed by atoms with E-state index in [0.717, 1.165) is 56.6 Å². The molecular weight excluding hydrogens is 432 g/mol. The summed E-state index contributed by atoms with van der Waals surface area (Å²) in [6.07, 6.45) is 3.70. The monoisotopic (exact) mass is 458 g/mol. The molecule has 1 aromatic carbocycles. The Morgan fingerprint density at radius 2 is 1.76 bits per heavy atom. The second kappa shape index (κ2) is 9.23. The fraction of sp³-hybridized carbons (Fsp3) is 0.400. The predicted molar refractivity (Wildman–Crippen MR) is 125 cm³/mol. The van der Waals surface area contributed by atoms with Crippen molar-refractivity contribution < 1.29 is 14.7 Å². The second-order valence-electron chi connectivity index (χ2n) is 9.21. The molecule has 0 unspecified atom stereocenters. The van der Waals surface area contributed by atoms with Crippen molar-refractivity contribution in [3.8, 4) is 17.3 Å². The Morgan fingerprint density at radius 3 is 2.35 bits per heavy atom. The Labute approximate surface area is 197 Å². The molecule has 0 bridgehead atoms. The number of amides is 1. The van der Waals surface area contributed by atoms with Gasteiger partial charge in [-0.1, -0.05) is 30.3 Å². The van der Waals surface area contributed by atoms with Crippen LogP contribution < -0.4 is 5.32 Å². The van der Waals surface area contributed by atoms with E-state index in [0.29, 0.717) is 11.6 Å². The van der Waals surface area contributed by atoms with E-state index in [1.54, 1.807) is 4.52 Å². The van der Waals surface area contributed by atoms with Crippen molar-refractivity contribution in [2.24, 2.45) is 17.8 Å². The van der Waals surface area contributed by atoms with E-state index in [1.807, 2.05) is 18.2 Å². The first-order valence-corrected chi connectivity index (χ1v) is 11.6. The van der Waals surface area contributed by atoms with Gasteiger partial charge in [0.25, 0.3) is 0 Å². The number of nitrogens with one attached hydrogen (secondary N) is 1. The van der Waals surface area contributed by atoms with E-state index in [4.69, 9.17) is 10.4 Å². The first-order chi connectivity index (χ1) is 16.5. The zero-order valence-corrected chi connectivity index (χ0v) is 18.7. The van der Waals surface area contributed by atoms with Crippen LogP contribution in [0.5, 0.6) is 0 Å². The fourth-order valence-electron chi connectivity index (χ4n) is 3.88. The highest BCUT2D eigenvalue weighted by Gasteiger charge is 2.30. The Morgan fingerprint density at radius 1 is 1.06 bits per heavy atom. The molecule has 0 spiro atoms. The summed E-state index contributed by atoms with van der Waals surface area (Å²) >= 11 is 0. The van der Waals surface area contributed by atoms with Crippen LogP contribution in [-0.2, 0) is 16.1 Å². The van der Waals surface area contributed by atoms with Gasteiger partial charge in [0.2, 0.25) is 11.9 Å². The second-order valence-corrected chi connectivity index (χ2v) is 9.21. The lowest BCUT2D eigenvalue weighted by Crippen LogP contribution is -2.45. The third kappa shape index (κ3) is 5.07. The van der Waals surface area contributed by atoms with Crippen molar-refractivity contribution in [3.05, 3.63) is 48.0 Å². The average molecular weight is 459 g/mol. The number of rotatable bonds is 6. The summed E-state index contributed by atoms with van der Waals surface area (Å²) in [6.45, 7) is 2.57. The third-order valence-electron chi connectivity index (χ3n) is 6.27. The molecule has 9 nitrogen and oxygen atoms in total. The molecule has 1 amide bonds.